The molecule has 2 aliphatic rings. The van der Waals surface area contributed by atoms with Crippen LogP contribution in [0.15, 0.2) is 30.5 Å². The monoisotopic (exact) mass is 301 g/mol. The van der Waals surface area contributed by atoms with Gasteiger partial charge in [-0.3, -0.25) is 10.00 Å². The molecule has 0 unspecified atom stereocenters. The summed E-state index contributed by atoms with van der Waals surface area (Å²) >= 11 is 0. The van der Waals surface area contributed by atoms with Crippen LogP contribution in [0.1, 0.15) is 18.4 Å². The van der Waals surface area contributed by atoms with Crippen molar-refractivity contribution in [2.75, 3.05) is 13.1 Å². The fourth-order valence-electron chi connectivity index (χ4n) is 4.00. The maximum absolute atomic E-state index is 13.1. The smallest absolute Gasteiger partial charge is 0.123 e. The normalized spacial score (nSPS) is 28.2. The minimum Gasteiger partial charge on any atom is -0.393 e. The zero-order chi connectivity index (χ0) is 15.1. The number of halogens is 1. The summed E-state index contributed by atoms with van der Waals surface area (Å²) in [4.78, 5) is 2.40. The van der Waals surface area contributed by atoms with Gasteiger partial charge in [0.1, 0.15) is 5.82 Å². The number of benzene rings is 1. The first-order valence-corrected chi connectivity index (χ1v) is 7.89. The average Bonchev–Trinajstić information content (AvgIpc) is 3.19. The average molecular weight is 301 g/mol. The number of aromatic amines is 1. The molecule has 4 rings (SSSR count). The second-order valence-corrected chi connectivity index (χ2v) is 6.54. The highest BCUT2D eigenvalue weighted by atomic mass is 19.1. The molecular weight excluding hydrogens is 281 g/mol. The van der Waals surface area contributed by atoms with E-state index >= 15 is 0 Å². The van der Waals surface area contributed by atoms with Crippen LogP contribution >= 0.6 is 0 Å². The molecule has 3 atom stereocenters. The third-order valence-corrected chi connectivity index (χ3v) is 5.14. The molecule has 1 aliphatic carbocycles. The lowest BCUT2D eigenvalue weighted by Gasteiger charge is -2.18. The van der Waals surface area contributed by atoms with Gasteiger partial charge >= 0.3 is 0 Å². The Hall–Kier alpha value is -1.72. The molecule has 116 valence electrons. The molecule has 1 saturated heterocycles. The van der Waals surface area contributed by atoms with Gasteiger partial charge in [-0.05, 0) is 43.0 Å². The highest BCUT2D eigenvalue weighted by Crippen LogP contribution is 2.38. The maximum atomic E-state index is 13.1. The van der Waals surface area contributed by atoms with Gasteiger partial charge in [-0.1, -0.05) is 0 Å². The first-order chi connectivity index (χ1) is 10.7. The fourth-order valence-corrected chi connectivity index (χ4v) is 4.00. The van der Waals surface area contributed by atoms with Crippen molar-refractivity contribution in [3.63, 3.8) is 0 Å². The number of hydrogen-bond donors (Lipinski definition) is 2. The van der Waals surface area contributed by atoms with Crippen LogP contribution in [-0.4, -0.2) is 39.4 Å². The predicted molar refractivity (Wildman–Crippen MR) is 81.5 cm³/mol. The Kier molecular flexibility index (Phi) is 3.47. The summed E-state index contributed by atoms with van der Waals surface area (Å²) in [5.74, 6) is 0.837. The number of aliphatic hydroxyl groups is 1. The summed E-state index contributed by atoms with van der Waals surface area (Å²) in [6, 6.07) is 6.48. The summed E-state index contributed by atoms with van der Waals surface area (Å²) < 4.78 is 13.1. The van der Waals surface area contributed by atoms with E-state index in [-0.39, 0.29) is 11.9 Å². The van der Waals surface area contributed by atoms with Gasteiger partial charge in [-0.15, -0.1) is 0 Å². The minimum atomic E-state index is -0.230. The molecule has 0 bridgehead atoms. The summed E-state index contributed by atoms with van der Waals surface area (Å²) in [6.07, 6.45) is 3.81. The molecule has 1 aromatic heterocycles. The van der Waals surface area contributed by atoms with E-state index in [1.807, 2.05) is 6.20 Å². The van der Waals surface area contributed by atoms with Crippen LogP contribution in [0.5, 0.6) is 0 Å². The van der Waals surface area contributed by atoms with Crippen LogP contribution in [0, 0.1) is 17.7 Å². The van der Waals surface area contributed by atoms with Gasteiger partial charge in [-0.2, -0.15) is 5.10 Å². The number of nitrogens with zero attached hydrogens (tertiary/aromatic N) is 2. The Balaban J connectivity index is 1.51. The lowest BCUT2D eigenvalue weighted by Crippen LogP contribution is -2.24. The summed E-state index contributed by atoms with van der Waals surface area (Å²) in [7, 11) is 0. The van der Waals surface area contributed by atoms with E-state index in [0.717, 1.165) is 49.3 Å². The van der Waals surface area contributed by atoms with Crippen LogP contribution < -0.4 is 0 Å². The van der Waals surface area contributed by atoms with E-state index in [2.05, 4.69) is 15.1 Å². The largest absolute Gasteiger partial charge is 0.393 e. The SMILES string of the molecule is O[C@@H]1CC[C@@H]2CN(Cc3cn[nH]c3-c3ccc(F)cc3)C[C@@H]21. The number of hydrogen-bond acceptors (Lipinski definition) is 3. The second-order valence-electron chi connectivity index (χ2n) is 6.54. The molecule has 0 amide bonds. The molecule has 22 heavy (non-hydrogen) atoms. The Morgan fingerprint density at radius 1 is 1.23 bits per heavy atom. The van der Waals surface area contributed by atoms with Crippen molar-refractivity contribution in [3.05, 3.63) is 41.8 Å². The van der Waals surface area contributed by atoms with Gasteiger partial charge in [-0.25, -0.2) is 4.39 Å². The molecule has 1 aliphatic heterocycles. The Bertz CT molecular complexity index is 654. The molecule has 2 fully saturated rings. The number of aliphatic hydroxyl groups excluding tert-OH is 1. The van der Waals surface area contributed by atoms with Crippen molar-refractivity contribution in [1.29, 1.82) is 0 Å². The number of fused-ring (bicyclic) bond motifs is 1. The summed E-state index contributed by atoms with van der Waals surface area (Å²) in [5, 5.41) is 17.2. The van der Waals surface area contributed by atoms with E-state index in [4.69, 9.17) is 0 Å². The van der Waals surface area contributed by atoms with Gasteiger partial charge in [0.15, 0.2) is 0 Å². The number of H-pyrrole nitrogens is 1. The highest BCUT2D eigenvalue weighted by molar-refractivity contribution is 5.62. The maximum Gasteiger partial charge on any atom is 0.123 e. The van der Waals surface area contributed by atoms with E-state index in [1.54, 1.807) is 12.1 Å². The van der Waals surface area contributed by atoms with E-state index in [9.17, 15) is 9.50 Å². The van der Waals surface area contributed by atoms with Crippen molar-refractivity contribution in [1.82, 2.24) is 15.1 Å². The highest BCUT2D eigenvalue weighted by Gasteiger charge is 2.41. The van der Waals surface area contributed by atoms with Crippen LogP contribution in [0.3, 0.4) is 0 Å². The molecule has 0 spiro atoms. The molecule has 0 radical (unpaired) electrons. The number of nitrogens with one attached hydrogen (secondary N) is 1. The molecule has 1 saturated carbocycles. The van der Waals surface area contributed by atoms with Crippen molar-refractivity contribution in [3.8, 4) is 11.3 Å². The molecule has 1 aromatic carbocycles. The number of aromatic nitrogens is 2. The standard InChI is InChI=1S/C17H20FN3O/c18-14-4-1-11(2-5-14)17-13(7-19-20-17)9-21-8-12-3-6-16(22)15(12)10-21/h1-2,4-5,7,12,15-16,22H,3,6,8-10H2,(H,19,20)/t12-,15+,16-/m1/s1. The zero-order valence-corrected chi connectivity index (χ0v) is 12.4. The first-order valence-electron chi connectivity index (χ1n) is 7.89. The van der Waals surface area contributed by atoms with E-state index < -0.39 is 0 Å². The molecular formula is C17H20FN3O. The number of rotatable bonds is 3. The lowest BCUT2D eigenvalue weighted by molar-refractivity contribution is 0.123. The molecule has 2 N–H and O–H groups in total. The van der Waals surface area contributed by atoms with Crippen molar-refractivity contribution in [2.24, 2.45) is 11.8 Å². The van der Waals surface area contributed by atoms with Gasteiger partial charge in [0, 0.05) is 36.7 Å². The zero-order valence-electron chi connectivity index (χ0n) is 12.4. The van der Waals surface area contributed by atoms with Crippen molar-refractivity contribution < 1.29 is 9.50 Å². The van der Waals surface area contributed by atoms with Crippen molar-refractivity contribution in [2.45, 2.75) is 25.5 Å². The van der Waals surface area contributed by atoms with E-state index in [0.29, 0.717) is 11.8 Å². The van der Waals surface area contributed by atoms with Crippen LogP contribution in [0.25, 0.3) is 11.3 Å². The second kappa shape index (κ2) is 5.48. The summed E-state index contributed by atoms with van der Waals surface area (Å²) in [5.41, 5.74) is 3.03. The Morgan fingerprint density at radius 3 is 2.82 bits per heavy atom. The quantitative estimate of drug-likeness (QED) is 0.915. The topological polar surface area (TPSA) is 52.1 Å². The molecule has 4 nitrogen and oxygen atoms in total. The fraction of sp³-hybridized carbons (Fsp3) is 0.471. The van der Waals surface area contributed by atoms with Crippen LogP contribution in [0.2, 0.25) is 0 Å². The molecule has 2 aromatic rings. The van der Waals surface area contributed by atoms with Gasteiger partial charge in [0.2, 0.25) is 0 Å². The predicted octanol–water partition coefficient (Wildman–Crippen LogP) is 2.42. The van der Waals surface area contributed by atoms with Crippen LogP contribution in [0.4, 0.5) is 4.39 Å². The first kappa shape index (κ1) is 13.9. The van der Waals surface area contributed by atoms with Gasteiger partial charge in [0.25, 0.3) is 0 Å². The van der Waals surface area contributed by atoms with Crippen molar-refractivity contribution >= 4 is 0 Å². The Morgan fingerprint density at radius 2 is 2.05 bits per heavy atom. The van der Waals surface area contributed by atoms with E-state index in [1.165, 1.54) is 12.1 Å². The van der Waals surface area contributed by atoms with Gasteiger partial charge in [0.05, 0.1) is 18.0 Å². The number of likely N-dealkylation sites (tertiary alicyclic amines) is 1. The van der Waals surface area contributed by atoms with Crippen LogP contribution in [-0.2, 0) is 6.54 Å². The van der Waals surface area contributed by atoms with Gasteiger partial charge < -0.3 is 5.11 Å². The minimum absolute atomic E-state index is 0.129. The third kappa shape index (κ3) is 2.44. The molecule has 5 heteroatoms. The molecule has 2 heterocycles. The Labute approximate surface area is 129 Å². The third-order valence-electron chi connectivity index (χ3n) is 5.14. The summed E-state index contributed by atoms with van der Waals surface area (Å²) in [6.45, 7) is 2.83. The lowest BCUT2D eigenvalue weighted by atomic mass is 10.00.